The molecular formula is C15H25NO3. The molecule has 2 aliphatic rings. The van der Waals surface area contributed by atoms with Crippen molar-refractivity contribution < 1.29 is 14.7 Å². The summed E-state index contributed by atoms with van der Waals surface area (Å²) in [6, 6.07) is 0.682. The molecule has 1 saturated carbocycles. The quantitative estimate of drug-likeness (QED) is 0.836. The Morgan fingerprint density at radius 2 is 1.37 bits per heavy atom. The van der Waals surface area contributed by atoms with Crippen LogP contribution in [0, 0.1) is 11.8 Å². The molecule has 2 atom stereocenters. The van der Waals surface area contributed by atoms with Gasteiger partial charge in [-0.1, -0.05) is 0 Å². The minimum Gasteiger partial charge on any atom is -0.481 e. The van der Waals surface area contributed by atoms with Crippen molar-refractivity contribution in [3.63, 3.8) is 0 Å². The van der Waals surface area contributed by atoms with Crippen molar-refractivity contribution in [2.75, 3.05) is 0 Å². The van der Waals surface area contributed by atoms with E-state index >= 15 is 0 Å². The average Bonchev–Trinajstić information content (AvgIpc) is 2.38. The molecule has 1 aliphatic heterocycles. The number of hydrogen-bond donors (Lipinski definition) is 1. The standard InChI is InChI=1S/C15H25NO3/c1-10-4-3-5-11(2)16(10)14(17)12-6-8-13(9-7-12)15(18)19/h10-13H,3-9H2,1-2H3,(H,18,19)/t10-,11+,12?,13?. The maximum atomic E-state index is 12.6. The van der Waals surface area contributed by atoms with E-state index in [9.17, 15) is 9.59 Å². The molecule has 2 rings (SSSR count). The zero-order valence-electron chi connectivity index (χ0n) is 12.0. The summed E-state index contributed by atoms with van der Waals surface area (Å²) in [6.45, 7) is 4.27. The molecule has 0 spiro atoms. The van der Waals surface area contributed by atoms with Crippen molar-refractivity contribution in [2.45, 2.75) is 70.9 Å². The van der Waals surface area contributed by atoms with Gasteiger partial charge >= 0.3 is 5.97 Å². The van der Waals surface area contributed by atoms with Crippen LogP contribution in [0.15, 0.2) is 0 Å². The molecule has 19 heavy (non-hydrogen) atoms. The molecule has 1 N–H and O–H groups in total. The minimum atomic E-state index is -0.703. The summed E-state index contributed by atoms with van der Waals surface area (Å²) in [7, 11) is 0. The summed E-state index contributed by atoms with van der Waals surface area (Å²) in [4.78, 5) is 25.6. The van der Waals surface area contributed by atoms with Gasteiger partial charge in [-0.05, 0) is 58.8 Å². The molecule has 108 valence electrons. The number of piperidine rings is 1. The smallest absolute Gasteiger partial charge is 0.306 e. The van der Waals surface area contributed by atoms with Crippen molar-refractivity contribution >= 4 is 11.9 Å². The molecule has 0 aromatic rings. The van der Waals surface area contributed by atoms with Gasteiger partial charge in [-0.2, -0.15) is 0 Å². The van der Waals surface area contributed by atoms with Crippen LogP contribution in [0.3, 0.4) is 0 Å². The lowest BCUT2D eigenvalue weighted by Gasteiger charge is -2.42. The molecule has 1 amide bonds. The summed E-state index contributed by atoms with van der Waals surface area (Å²) in [5.41, 5.74) is 0. The zero-order chi connectivity index (χ0) is 14.0. The van der Waals surface area contributed by atoms with E-state index in [1.54, 1.807) is 0 Å². The van der Waals surface area contributed by atoms with Gasteiger partial charge in [0.1, 0.15) is 0 Å². The van der Waals surface area contributed by atoms with Crippen LogP contribution in [-0.2, 0) is 9.59 Å². The third kappa shape index (κ3) is 3.10. The molecule has 4 heteroatoms. The lowest BCUT2D eigenvalue weighted by atomic mass is 9.80. The number of aliphatic carboxylic acids is 1. The van der Waals surface area contributed by atoms with Gasteiger partial charge in [0.25, 0.3) is 0 Å². The number of carboxylic acids is 1. The Kier molecular flexibility index (Phi) is 4.48. The second-order valence-electron chi connectivity index (χ2n) is 6.26. The summed E-state index contributed by atoms with van der Waals surface area (Å²) in [6.07, 6.45) is 6.20. The average molecular weight is 267 g/mol. The Labute approximate surface area is 115 Å². The Balaban J connectivity index is 1.95. The summed E-state index contributed by atoms with van der Waals surface area (Å²) in [5, 5.41) is 9.00. The fourth-order valence-electron chi connectivity index (χ4n) is 3.65. The maximum absolute atomic E-state index is 12.6. The Morgan fingerprint density at radius 1 is 0.895 bits per heavy atom. The van der Waals surface area contributed by atoms with Gasteiger partial charge in [-0.3, -0.25) is 9.59 Å². The van der Waals surface area contributed by atoms with Gasteiger partial charge < -0.3 is 10.0 Å². The fourth-order valence-corrected chi connectivity index (χ4v) is 3.65. The van der Waals surface area contributed by atoms with Crippen LogP contribution in [0.1, 0.15) is 58.8 Å². The number of likely N-dealkylation sites (tertiary alicyclic amines) is 1. The highest BCUT2D eigenvalue weighted by Gasteiger charge is 2.36. The van der Waals surface area contributed by atoms with E-state index in [2.05, 4.69) is 18.7 Å². The second-order valence-corrected chi connectivity index (χ2v) is 6.26. The van der Waals surface area contributed by atoms with E-state index in [0.717, 1.165) is 25.7 Å². The molecule has 0 bridgehead atoms. The molecule has 0 aromatic carbocycles. The van der Waals surface area contributed by atoms with Crippen molar-refractivity contribution in [3.05, 3.63) is 0 Å². The highest BCUT2D eigenvalue weighted by atomic mass is 16.4. The van der Waals surface area contributed by atoms with Crippen molar-refractivity contribution in [2.24, 2.45) is 11.8 Å². The van der Waals surface area contributed by atoms with Crippen LogP contribution in [0.2, 0.25) is 0 Å². The number of rotatable bonds is 2. The largest absolute Gasteiger partial charge is 0.481 e. The van der Waals surface area contributed by atoms with E-state index in [1.165, 1.54) is 6.42 Å². The summed E-state index contributed by atoms with van der Waals surface area (Å²) < 4.78 is 0. The normalized spacial score (nSPS) is 36.0. The first-order valence-corrected chi connectivity index (χ1v) is 7.55. The predicted molar refractivity (Wildman–Crippen MR) is 72.7 cm³/mol. The lowest BCUT2D eigenvalue weighted by molar-refractivity contribution is -0.148. The first-order chi connectivity index (χ1) is 9.00. The molecule has 1 saturated heterocycles. The topological polar surface area (TPSA) is 57.6 Å². The van der Waals surface area contributed by atoms with Crippen molar-refractivity contribution in [3.8, 4) is 0 Å². The van der Waals surface area contributed by atoms with Crippen molar-refractivity contribution in [1.29, 1.82) is 0 Å². The van der Waals surface area contributed by atoms with Crippen LogP contribution in [0.25, 0.3) is 0 Å². The van der Waals surface area contributed by atoms with E-state index in [1.807, 2.05) is 0 Å². The minimum absolute atomic E-state index is 0.0543. The van der Waals surface area contributed by atoms with E-state index in [4.69, 9.17) is 5.11 Å². The highest BCUT2D eigenvalue weighted by Crippen LogP contribution is 2.33. The van der Waals surface area contributed by atoms with Gasteiger partial charge in [-0.15, -0.1) is 0 Å². The van der Waals surface area contributed by atoms with Crippen LogP contribution in [0.5, 0.6) is 0 Å². The van der Waals surface area contributed by atoms with Gasteiger partial charge in [-0.25, -0.2) is 0 Å². The Morgan fingerprint density at radius 3 is 1.84 bits per heavy atom. The first-order valence-electron chi connectivity index (χ1n) is 7.55. The Hall–Kier alpha value is -1.06. The van der Waals surface area contributed by atoms with E-state index in [0.29, 0.717) is 24.9 Å². The number of carbonyl (C=O) groups excluding carboxylic acids is 1. The molecule has 4 nitrogen and oxygen atoms in total. The Bertz CT molecular complexity index is 337. The lowest BCUT2D eigenvalue weighted by Crippen LogP contribution is -2.50. The number of nitrogens with zero attached hydrogens (tertiary/aromatic N) is 1. The second kappa shape index (κ2) is 5.93. The highest BCUT2D eigenvalue weighted by molar-refractivity contribution is 5.80. The van der Waals surface area contributed by atoms with Crippen LogP contribution in [-0.4, -0.2) is 34.0 Å². The molecule has 0 aromatic heterocycles. The van der Waals surface area contributed by atoms with Crippen LogP contribution < -0.4 is 0 Å². The fraction of sp³-hybridized carbons (Fsp3) is 0.867. The van der Waals surface area contributed by atoms with Gasteiger partial charge in [0.05, 0.1) is 5.92 Å². The van der Waals surface area contributed by atoms with E-state index < -0.39 is 5.97 Å². The maximum Gasteiger partial charge on any atom is 0.306 e. The third-order valence-corrected chi connectivity index (χ3v) is 4.87. The predicted octanol–water partition coefficient (Wildman–Crippen LogP) is 2.67. The molecular weight excluding hydrogens is 242 g/mol. The van der Waals surface area contributed by atoms with Crippen LogP contribution >= 0.6 is 0 Å². The molecule has 0 unspecified atom stereocenters. The zero-order valence-corrected chi connectivity index (χ0v) is 12.0. The third-order valence-electron chi connectivity index (χ3n) is 4.87. The SMILES string of the molecule is C[C@@H]1CCC[C@H](C)N1C(=O)C1CCC(C(=O)O)CC1. The van der Waals surface area contributed by atoms with Crippen LogP contribution in [0.4, 0.5) is 0 Å². The first kappa shape index (κ1) is 14.4. The molecule has 0 radical (unpaired) electrons. The van der Waals surface area contributed by atoms with E-state index in [-0.39, 0.29) is 17.7 Å². The number of carboxylic acid groups (broad SMARTS) is 1. The number of hydrogen-bond acceptors (Lipinski definition) is 2. The number of amides is 1. The molecule has 2 fully saturated rings. The monoisotopic (exact) mass is 267 g/mol. The summed E-state index contributed by atoms with van der Waals surface area (Å²) in [5.74, 6) is -0.618. The van der Waals surface area contributed by atoms with Gasteiger partial charge in [0, 0.05) is 18.0 Å². The summed E-state index contributed by atoms with van der Waals surface area (Å²) >= 11 is 0. The molecule has 1 heterocycles. The number of carbonyl (C=O) groups is 2. The van der Waals surface area contributed by atoms with Gasteiger partial charge in [0.15, 0.2) is 0 Å². The molecule has 1 aliphatic carbocycles. The van der Waals surface area contributed by atoms with Crippen molar-refractivity contribution in [1.82, 2.24) is 4.90 Å². The van der Waals surface area contributed by atoms with Gasteiger partial charge in [0.2, 0.25) is 5.91 Å².